The number of ether oxygens (including phenoxy) is 1. The maximum absolute atomic E-state index is 14.3. The number of carbonyl (C=O) groups is 1. The number of amides is 1. The second-order valence-electron chi connectivity index (χ2n) is 9.20. The highest BCUT2D eigenvalue weighted by molar-refractivity contribution is 5.96. The van der Waals surface area contributed by atoms with Gasteiger partial charge in [0, 0.05) is 47.4 Å². The Balaban J connectivity index is 1.32. The summed E-state index contributed by atoms with van der Waals surface area (Å²) in [5, 5.41) is 7.32. The van der Waals surface area contributed by atoms with Crippen molar-refractivity contribution in [2.24, 2.45) is 5.92 Å². The number of H-pyrrole nitrogens is 1. The second kappa shape index (κ2) is 9.14. The molecule has 0 saturated heterocycles. The average molecular weight is 454 g/mol. The third-order valence-corrected chi connectivity index (χ3v) is 7.19. The lowest BCUT2D eigenvalue weighted by molar-refractivity contribution is 0.0959. The molecular formula is C26H29F2N3O2. The fraction of sp³-hybridized carbons (Fsp3) is 0.423. The maximum atomic E-state index is 14.3. The molecule has 5 nitrogen and oxygen atoms in total. The summed E-state index contributed by atoms with van der Waals surface area (Å²) in [6.07, 6.45) is 7.86. The standard InChI is InChI=1S/C26H29F2N3O2/c1-29-26(32)19-7-8-22(28)25-21(19)12-18(14-33-25)31-23(15-3-2-4-15)9-5-16-13-30-24-10-6-17(27)11-20(16)24/h6-8,10-11,13,15,18,23,30-31H,2-5,9,12,14H2,1H3,(H,29,32). The lowest BCUT2D eigenvalue weighted by Gasteiger charge is -2.38. The summed E-state index contributed by atoms with van der Waals surface area (Å²) in [5.41, 5.74) is 3.14. The van der Waals surface area contributed by atoms with Crippen molar-refractivity contribution in [3.8, 4) is 5.75 Å². The number of halogens is 2. The lowest BCUT2D eigenvalue weighted by Crippen LogP contribution is -2.50. The highest BCUT2D eigenvalue weighted by Crippen LogP contribution is 2.35. The van der Waals surface area contributed by atoms with E-state index in [9.17, 15) is 13.6 Å². The summed E-state index contributed by atoms with van der Waals surface area (Å²) in [4.78, 5) is 15.6. The predicted molar refractivity (Wildman–Crippen MR) is 124 cm³/mol. The Bertz CT molecular complexity index is 1170. The van der Waals surface area contributed by atoms with E-state index in [0.29, 0.717) is 30.1 Å². The van der Waals surface area contributed by atoms with E-state index in [4.69, 9.17) is 4.74 Å². The SMILES string of the molecule is CNC(=O)c1ccc(F)c2c1CC(NC(CCc1c[nH]c3ccc(F)cc13)C1CCC1)CO2. The summed E-state index contributed by atoms with van der Waals surface area (Å²) in [6.45, 7) is 0.364. The zero-order valence-corrected chi connectivity index (χ0v) is 18.7. The number of fused-ring (bicyclic) bond motifs is 2. The number of rotatable bonds is 7. The third kappa shape index (κ3) is 4.34. The van der Waals surface area contributed by atoms with Gasteiger partial charge in [0.05, 0.1) is 0 Å². The zero-order chi connectivity index (χ0) is 22.9. The monoisotopic (exact) mass is 453 g/mol. The highest BCUT2D eigenvalue weighted by atomic mass is 19.1. The smallest absolute Gasteiger partial charge is 0.251 e. The summed E-state index contributed by atoms with van der Waals surface area (Å²) in [6, 6.07) is 7.93. The molecule has 3 N–H and O–H groups in total. The van der Waals surface area contributed by atoms with Crippen LogP contribution in [0.5, 0.6) is 5.75 Å². The predicted octanol–water partition coefficient (Wildman–Crippen LogP) is 4.50. The molecule has 1 aliphatic carbocycles. The zero-order valence-electron chi connectivity index (χ0n) is 18.7. The molecule has 2 atom stereocenters. The first-order valence-electron chi connectivity index (χ1n) is 11.7. The summed E-state index contributed by atoms with van der Waals surface area (Å²) in [7, 11) is 1.57. The number of hydrogen-bond donors (Lipinski definition) is 3. The van der Waals surface area contributed by atoms with Crippen LogP contribution in [0.1, 0.15) is 47.2 Å². The van der Waals surface area contributed by atoms with Gasteiger partial charge in [-0.25, -0.2) is 8.78 Å². The van der Waals surface area contributed by atoms with Crippen LogP contribution in [-0.2, 0) is 12.8 Å². The normalized spacial score (nSPS) is 18.9. The van der Waals surface area contributed by atoms with Gasteiger partial charge in [-0.2, -0.15) is 0 Å². The van der Waals surface area contributed by atoms with Crippen molar-refractivity contribution in [3.63, 3.8) is 0 Å². The van der Waals surface area contributed by atoms with E-state index < -0.39 is 5.82 Å². The topological polar surface area (TPSA) is 66.2 Å². The summed E-state index contributed by atoms with van der Waals surface area (Å²) < 4.78 is 33.9. The van der Waals surface area contributed by atoms with Gasteiger partial charge in [0.25, 0.3) is 5.91 Å². The van der Waals surface area contributed by atoms with Crippen LogP contribution in [0.2, 0.25) is 0 Å². The van der Waals surface area contributed by atoms with Crippen LogP contribution in [-0.4, -0.2) is 36.6 Å². The molecule has 3 aromatic rings. The Labute approximate surface area is 191 Å². The molecule has 2 unspecified atom stereocenters. The molecule has 1 amide bonds. The van der Waals surface area contributed by atoms with Crippen LogP contribution in [0.25, 0.3) is 10.9 Å². The molecule has 174 valence electrons. The van der Waals surface area contributed by atoms with Crippen LogP contribution in [0, 0.1) is 17.6 Å². The number of benzene rings is 2. The number of aromatic nitrogens is 1. The number of aryl methyl sites for hydroxylation is 1. The molecule has 0 bridgehead atoms. The molecule has 0 spiro atoms. The van der Waals surface area contributed by atoms with Crippen LogP contribution in [0.4, 0.5) is 8.78 Å². The third-order valence-electron chi connectivity index (χ3n) is 7.19. The van der Waals surface area contributed by atoms with E-state index in [2.05, 4.69) is 15.6 Å². The molecule has 1 aliphatic heterocycles. The Kier molecular flexibility index (Phi) is 6.06. The molecule has 2 aromatic carbocycles. The Morgan fingerprint density at radius 1 is 1.24 bits per heavy atom. The van der Waals surface area contributed by atoms with Crippen molar-refractivity contribution in [2.75, 3.05) is 13.7 Å². The average Bonchev–Trinajstić information content (AvgIpc) is 3.18. The van der Waals surface area contributed by atoms with Crippen LogP contribution >= 0.6 is 0 Å². The van der Waals surface area contributed by atoms with Gasteiger partial charge < -0.3 is 20.4 Å². The first-order valence-corrected chi connectivity index (χ1v) is 11.7. The van der Waals surface area contributed by atoms with E-state index in [-0.39, 0.29) is 29.6 Å². The minimum atomic E-state index is -0.432. The Hall–Kier alpha value is -2.93. The fourth-order valence-electron chi connectivity index (χ4n) is 5.17. The van der Waals surface area contributed by atoms with Gasteiger partial charge in [-0.15, -0.1) is 0 Å². The van der Waals surface area contributed by atoms with Gasteiger partial charge in [0.1, 0.15) is 12.4 Å². The molecular weight excluding hydrogens is 424 g/mol. The van der Waals surface area contributed by atoms with Crippen LogP contribution in [0.3, 0.4) is 0 Å². The van der Waals surface area contributed by atoms with Crippen LogP contribution in [0.15, 0.2) is 36.5 Å². The minimum Gasteiger partial charge on any atom is -0.489 e. The molecule has 1 fully saturated rings. The van der Waals surface area contributed by atoms with E-state index in [1.54, 1.807) is 19.2 Å². The maximum Gasteiger partial charge on any atom is 0.251 e. The molecule has 0 radical (unpaired) electrons. The Morgan fingerprint density at radius 2 is 2.09 bits per heavy atom. The van der Waals surface area contributed by atoms with Gasteiger partial charge in [-0.3, -0.25) is 4.79 Å². The second-order valence-corrected chi connectivity index (χ2v) is 9.20. The van der Waals surface area contributed by atoms with Crippen LogP contribution < -0.4 is 15.4 Å². The van der Waals surface area contributed by atoms with Crippen molar-refractivity contribution < 1.29 is 18.3 Å². The van der Waals surface area contributed by atoms with Gasteiger partial charge >= 0.3 is 0 Å². The molecule has 33 heavy (non-hydrogen) atoms. The largest absolute Gasteiger partial charge is 0.489 e. The van der Waals surface area contributed by atoms with E-state index in [0.717, 1.165) is 29.3 Å². The van der Waals surface area contributed by atoms with Crippen molar-refractivity contribution in [1.29, 1.82) is 0 Å². The molecule has 7 heteroatoms. The first-order chi connectivity index (χ1) is 16.0. The Morgan fingerprint density at radius 3 is 2.85 bits per heavy atom. The number of carbonyl (C=O) groups excluding carboxylic acids is 1. The van der Waals surface area contributed by atoms with Gasteiger partial charge in [-0.05, 0) is 73.9 Å². The van der Waals surface area contributed by atoms with Gasteiger partial charge in [0.2, 0.25) is 0 Å². The quantitative estimate of drug-likeness (QED) is 0.494. The number of hydrogen-bond acceptors (Lipinski definition) is 3. The lowest BCUT2D eigenvalue weighted by atomic mass is 9.77. The number of nitrogens with one attached hydrogen (secondary N) is 3. The van der Waals surface area contributed by atoms with E-state index in [1.807, 2.05) is 6.20 Å². The molecule has 2 aliphatic rings. The van der Waals surface area contributed by atoms with Gasteiger partial charge in [-0.1, -0.05) is 6.42 Å². The van der Waals surface area contributed by atoms with E-state index in [1.165, 1.54) is 37.5 Å². The van der Waals surface area contributed by atoms with Gasteiger partial charge in [0.15, 0.2) is 11.6 Å². The fourth-order valence-corrected chi connectivity index (χ4v) is 5.17. The highest BCUT2D eigenvalue weighted by Gasteiger charge is 2.32. The molecule has 5 rings (SSSR count). The van der Waals surface area contributed by atoms with E-state index >= 15 is 0 Å². The summed E-state index contributed by atoms with van der Waals surface area (Å²) >= 11 is 0. The molecule has 1 saturated carbocycles. The van der Waals surface area contributed by atoms with Crippen molar-refractivity contribution in [3.05, 3.63) is 64.9 Å². The molecule has 1 aromatic heterocycles. The van der Waals surface area contributed by atoms with Crippen molar-refractivity contribution in [1.82, 2.24) is 15.6 Å². The minimum absolute atomic E-state index is 0.00582. The number of aromatic amines is 1. The first kappa shape index (κ1) is 21.9. The summed E-state index contributed by atoms with van der Waals surface area (Å²) in [5.74, 6) is -0.126. The van der Waals surface area contributed by atoms with Crippen molar-refractivity contribution >= 4 is 16.8 Å². The molecule has 2 heterocycles. The van der Waals surface area contributed by atoms with Crippen molar-refractivity contribution in [2.45, 2.75) is 50.6 Å².